The molecule has 4 aromatic rings. The molecular weight excluding hydrogens is 445 g/mol. The maximum absolute atomic E-state index is 13.1. The molecule has 0 N–H and O–H groups in total. The predicted molar refractivity (Wildman–Crippen MR) is 128 cm³/mol. The Morgan fingerprint density at radius 3 is 2.38 bits per heavy atom. The van der Waals surface area contributed by atoms with Crippen molar-refractivity contribution in [1.29, 1.82) is 0 Å². The summed E-state index contributed by atoms with van der Waals surface area (Å²) in [6, 6.07) is 19.9. The minimum Gasteiger partial charge on any atom is -0.454 e. The smallest absolute Gasteiger partial charge is 0.339 e. The fraction of sp³-hybridized carbons (Fsp3) is 0.115. The van der Waals surface area contributed by atoms with Crippen molar-refractivity contribution < 1.29 is 14.3 Å². The van der Waals surface area contributed by atoms with E-state index in [4.69, 9.17) is 32.9 Å². The number of hydrogen-bond donors (Lipinski definition) is 0. The molecule has 0 amide bonds. The van der Waals surface area contributed by atoms with E-state index in [9.17, 15) is 9.59 Å². The van der Waals surface area contributed by atoms with Gasteiger partial charge in [0.25, 0.3) is 0 Å². The number of nitrogens with zero attached hydrogens (tertiary/aromatic N) is 1. The second kappa shape index (κ2) is 9.11. The topological polar surface area (TPSA) is 56.3 Å². The SMILES string of the molecule is Cc1ccc(-c2nc3ccccc3c(C(=O)OCC(=O)c3ccc(Cl)cc3Cl)c2C)cc1. The number of para-hydroxylation sites is 1. The van der Waals surface area contributed by atoms with Gasteiger partial charge in [0, 0.05) is 21.5 Å². The van der Waals surface area contributed by atoms with Crippen LogP contribution in [0.25, 0.3) is 22.2 Å². The summed E-state index contributed by atoms with van der Waals surface area (Å²) in [7, 11) is 0. The van der Waals surface area contributed by atoms with E-state index in [1.165, 1.54) is 12.1 Å². The molecular formula is C26H19Cl2NO3. The number of rotatable bonds is 5. The number of aromatic nitrogens is 1. The van der Waals surface area contributed by atoms with Crippen molar-refractivity contribution in [3.8, 4) is 11.3 Å². The lowest BCUT2D eigenvalue weighted by molar-refractivity contribution is 0.0476. The van der Waals surface area contributed by atoms with Gasteiger partial charge in [0.05, 0.1) is 21.8 Å². The highest BCUT2D eigenvalue weighted by Gasteiger charge is 2.21. The Bertz CT molecular complexity index is 1350. The Kier molecular flexibility index (Phi) is 6.26. The molecule has 0 fully saturated rings. The first-order valence-electron chi connectivity index (χ1n) is 9.97. The van der Waals surface area contributed by atoms with Crippen molar-refractivity contribution >= 4 is 45.9 Å². The fourth-order valence-corrected chi connectivity index (χ4v) is 4.07. The number of halogens is 2. The molecule has 0 bridgehead atoms. The van der Waals surface area contributed by atoms with Crippen LogP contribution in [0.5, 0.6) is 0 Å². The lowest BCUT2D eigenvalue weighted by atomic mass is 9.97. The van der Waals surface area contributed by atoms with Crippen molar-refractivity contribution in [2.75, 3.05) is 6.61 Å². The Labute approximate surface area is 195 Å². The van der Waals surface area contributed by atoms with Gasteiger partial charge in [-0.2, -0.15) is 0 Å². The molecule has 1 aromatic heterocycles. The molecule has 0 saturated heterocycles. The van der Waals surface area contributed by atoms with Crippen molar-refractivity contribution in [3.05, 3.63) is 99.0 Å². The van der Waals surface area contributed by atoms with Gasteiger partial charge in [-0.05, 0) is 43.7 Å². The van der Waals surface area contributed by atoms with Crippen molar-refractivity contribution in [2.45, 2.75) is 13.8 Å². The zero-order valence-electron chi connectivity index (χ0n) is 17.5. The predicted octanol–water partition coefficient (Wildman–Crippen LogP) is 6.87. The molecule has 0 aliphatic rings. The molecule has 6 heteroatoms. The number of fused-ring (bicyclic) bond motifs is 1. The van der Waals surface area contributed by atoms with Crippen molar-refractivity contribution in [1.82, 2.24) is 4.98 Å². The maximum atomic E-state index is 13.1. The highest BCUT2D eigenvalue weighted by atomic mass is 35.5. The Morgan fingerprint density at radius 2 is 1.66 bits per heavy atom. The summed E-state index contributed by atoms with van der Waals surface area (Å²) >= 11 is 12.0. The van der Waals surface area contributed by atoms with Crippen LogP contribution < -0.4 is 0 Å². The van der Waals surface area contributed by atoms with Crippen LogP contribution in [0, 0.1) is 13.8 Å². The fourth-order valence-electron chi connectivity index (χ4n) is 3.56. The summed E-state index contributed by atoms with van der Waals surface area (Å²) in [4.78, 5) is 30.5. The molecule has 4 nitrogen and oxygen atoms in total. The number of ether oxygens (including phenoxy) is 1. The van der Waals surface area contributed by atoms with Gasteiger partial charge < -0.3 is 4.74 Å². The van der Waals surface area contributed by atoms with Gasteiger partial charge >= 0.3 is 5.97 Å². The molecule has 0 aliphatic heterocycles. The lowest BCUT2D eigenvalue weighted by Gasteiger charge is -2.14. The first kappa shape index (κ1) is 22.0. The minimum atomic E-state index is -0.590. The zero-order valence-corrected chi connectivity index (χ0v) is 19.0. The summed E-state index contributed by atoms with van der Waals surface area (Å²) in [5, 5.41) is 1.31. The van der Waals surface area contributed by atoms with E-state index >= 15 is 0 Å². The number of Topliss-reactive ketones (excluding diaryl/α,β-unsaturated/α-hetero) is 1. The van der Waals surface area contributed by atoms with Gasteiger partial charge in [-0.15, -0.1) is 0 Å². The highest BCUT2D eigenvalue weighted by Crippen LogP contribution is 2.30. The van der Waals surface area contributed by atoms with E-state index in [2.05, 4.69) is 0 Å². The molecule has 0 spiro atoms. The Hall–Kier alpha value is -3.21. The van der Waals surface area contributed by atoms with Crippen LogP contribution in [0.15, 0.2) is 66.7 Å². The van der Waals surface area contributed by atoms with Crippen LogP contribution in [0.4, 0.5) is 0 Å². The van der Waals surface area contributed by atoms with Crippen LogP contribution in [-0.2, 0) is 4.74 Å². The molecule has 32 heavy (non-hydrogen) atoms. The monoisotopic (exact) mass is 463 g/mol. The Balaban J connectivity index is 1.69. The number of esters is 1. The third kappa shape index (κ3) is 4.38. The van der Waals surface area contributed by atoms with E-state index in [1.807, 2.05) is 62.4 Å². The summed E-state index contributed by atoms with van der Waals surface area (Å²) < 4.78 is 5.42. The molecule has 160 valence electrons. The molecule has 0 unspecified atom stereocenters. The number of ketones is 1. The highest BCUT2D eigenvalue weighted by molar-refractivity contribution is 6.36. The van der Waals surface area contributed by atoms with E-state index in [0.717, 1.165) is 11.1 Å². The first-order chi connectivity index (χ1) is 15.3. The largest absolute Gasteiger partial charge is 0.454 e. The zero-order chi connectivity index (χ0) is 22.8. The number of pyridine rings is 1. The second-order valence-electron chi connectivity index (χ2n) is 7.47. The molecule has 1 heterocycles. The van der Waals surface area contributed by atoms with Gasteiger partial charge in [-0.3, -0.25) is 4.79 Å². The van der Waals surface area contributed by atoms with Crippen LogP contribution in [0.1, 0.15) is 31.8 Å². The average molecular weight is 464 g/mol. The lowest BCUT2D eigenvalue weighted by Crippen LogP contribution is -2.16. The summed E-state index contributed by atoms with van der Waals surface area (Å²) in [6.45, 7) is 3.41. The van der Waals surface area contributed by atoms with Crippen LogP contribution in [0.2, 0.25) is 10.0 Å². The van der Waals surface area contributed by atoms with E-state index in [-0.39, 0.29) is 10.6 Å². The molecule has 0 saturated carbocycles. The van der Waals surface area contributed by atoms with E-state index in [0.29, 0.717) is 32.7 Å². The van der Waals surface area contributed by atoms with E-state index in [1.54, 1.807) is 6.07 Å². The molecule has 0 radical (unpaired) electrons. The molecule has 3 aromatic carbocycles. The molecule has 0 atom stereocenters. The van der Waals surface area contributed by atoms with Gasteiger partial charge in [-0.1, -0.05) is 71.2 Å². The number of aryl methyl sites for hydroxylation is 1. The summed E-state index contributed by atoms with van der Waals surface area (Å²) in [5.74, 6) is -0.998. The van der Waals surface area contributed by atoms with Gasteiger partial charge in [0.15, 0.2) is 6.61 Å². The quantitative estimate of drug-likeness (QED) is 0.239. The van der Waals surface area contributed by atoms with E-state index < -0.39 is 18.4 Å². The number of benzene rings is 3. The van der Waals surface area contributed by atoms with Crippen LogP contribution in [-0.4, -0.2) is 23.3 Å². The average Bonchev–Trinajstić information content (AvgIpc) is 2.77. The molecule has 4 rings (SSSR count). The number of carbonyl (C=O) groups excluding carboxylic acids is 2. The third-order valence-corrected chi connectivity index (χ3v) is 5.78. The number of carbonyl (C=O) groups is 2. The van der Waals surface area contributed by atoms with Crippen molar-refractivity contribution in [3.63, 3.8) is 0 Å². The van der Waals surface area contributed by atoms with Crippen molar-refractivity contribution in [2.24, 2.45) is 0 Å². The Morgan fingerprint density at radius 1 is 0.938 bits per heavy atom. The summed E-state index contributed by atoms with van der Waals surface area (Å²) in [5.41, 5.74) is 4.73. The maximum Gasteiger partial charge on any atom is 0.339 e. The van der Waals surface area contributed by atoms with Gasteiger partial charge in [0.2, 0.25) is 5.78 Å². The summed E-state index contributed by atoms with van der Waals surface area (Å²) in [6.07, 6.45) is 0. The molecule has 0 aliphatic carbocycles. The normalized spacial score (nSPS) is 10.9. The standard InChI is InChI=1S/C26H19Cl2NO3/c1-15-7-9-17(10-8-15)25-16(2)24(20-5-3-4-6-22(20)29-25)26(31)32-14-23(30)19-12-11-18(27)13-21(19)28/h3-13H,14H2,1-2H3. The third-order valence-electron chi connectivity index (χ3n) is 5.23. The van der Waals surface area contributed by atoms with Gasteiger partial charge in [0.1, 0.15) is 0 Å². The first-order valence-corrected chi connectivity index (χ1v) is 10.7. The van der Waals surface area contributed by atoms with Crippen LogP contribution in [0.3, 0.4) is 0 Å². The number of hydrogen-bond acceptors (Lipinski definition) is 4. The van der Waals surface area contributed by atoms with Crippen LogP contribution >= 0.6 is 23.2 Å². The minimum absolute atomic E-state index is 0.214. The van der Waals surface area contributed by atoms with Gasteiger partial charge in [-0.25, -0.2) is 9.78 Å². The second-order valence-corrected chi connectivity index (χ2v) is 8.31.